The van der Waals surface area contributed by atoms with Crippen molar-refractivity contribution < 1.29 is 4.74 Å². The van der Waals surface area contributed by atoms with Gasteiger partial charge in [0.15, 0.2) is 5.69 Å². The van der Waals surface area contributed by atoms with Crippen molar-refractivity contribution in [2.45, 2.75) is 20.5 Å². The molecule has 3 aromatic rings. The largest absolute Gasteiger partial charge is 0.487 e. The Morgan fingerprint density at radius 1 is 1.19 bits per heavy atom. The second-order valence-corrected chi connectivity index (χ2v) is 5.91. The van der Waals surface area contributed by atoms with Crippen LogP contribution in [0.15, 0.2) is 48.7 Å². The molecule has 6 heteroatoms. The standard InChI is InChI=1S/C20H19N5O/c1-13-8-19(25-17-9-16(22)11-23-18(17)10-21)24-14(2)20(13)26-12-15-6-4-3-5-7-15/h3-9,11H,12,22H2,1-2H3,(H,24,25). The molecule has 3 N–H and O–H groups in total. The lowest BCUT2D eigenvalue weighted by Crippen LogP contribution is -2.04. The highest BCUT2D eigenvalue weighted by Gasteiger charge is 2.11. The number of pyridine rings is 2. The molecule has 130 valence electrons. The molecule has 3 rings (SSSR count). The van der Waals surface area contributed by atoms with Crippen molar-refractivity contribution in [3.8, 4) is 11.8 Å². The Morgan fingerprint density at radius 3 is 2.65 bits per heavy atom. The van der Waals surface area contributed by atoms with Gasteiger partial charge < -0.3 is 15.8 Å². The average molecular weight is 345 g/mol. The van der Waals surface area contributed by atoms with Gasteiger partial charge >= 0.3 is 0 Å². The van der Waals surface area contributed by atoms with Gasteiger partial charge in [-0.3, -0.25) is 0 Å². The van der Waals surface area contributed by atoms with Crippen LogP contribution in [0.4, 0.5) is 17.2 Å². The molecule has 0 saturated heterocycles. The van der Waals surface area contributed by atoms with Gasteiger partial charge in [0.1, 0.15) is 24.2 Å². The summed E-state index contributed by atoms with van der Waals surface area (Å²) in [6.07, 6.45) is 1.45. The summed E-state index contributed by atoms with van der Waals surface area (Å²) in [4.78, 5) is 8.55. The molecule has 0 atom stereocenters. The predicted molar refractivity (Wildman–Crippen MR) is 101 cm³/mol. The summed E-state index contributed by atoms with van der Waals surface area (Å²) in [5.41, 5.74) is 9.83. The number of hydrogen-bond acceptors (Lipinski definition) is 6. The third-order valence-electron chi connectivity index (χ3n) is 3.83. The number of ether oxygens (including phenoxy) is 1. The molecule has 0 unspecified atom stereocenters. The molecule has 2 aromatic heterocycles. The third kappa shape index (κ3) is 3.90. The number of benzene rings is 1. The molecule has 0 spiro atoms. The minimum atomic E-state index is 0.265. The molecule has 0 aliphatic heterocycles. The first-order valence-corrected chi connectivity index (χ1v) is 8.14. The number of nitrogens with zero attached hydrogens (tertiary/aromatic N) is 3. The number of nitrogen functional groups attached to an aromatic ring is 1. The van der Waals surface area contributed by atoms with E-state index in [0.29, 0.717) is 23.8 Å². The fraction of sp³-hybridized carbons (Fsp3) is 0.150. The molecule has 0 amide bonds. The lowest BCUT2D eigenvalue weighted by atomic mass is 10.2. The fourth-order valence-electron chi connectivity index (χ4n) is 2.64. The van der Waals surface area contributed by atoms with E-state index in [2.05, 4.69) is 15.3 Å². The van der Waals surface area contributed by atoms with Gasteiger partial charge in [0, 0.05) is 0 Å². The van der Waals surface area contributed by atoms with Crippen LogP contribution in [0, 0.1) is 25.2 Å². The van der Waals surface area contributed by atoms with Crippen LogP contribution in [-0.4, -0.2) is 9.97 Å². The van der Waals surface area contributed by atoms with Crippen molar-refractivity contribution in [2.75, 3.05) is 11.1 Å². The van der Waals surface area contributed by atoms with Crippen molar-refractivity contribution in [3.63, 3.8) is 0 Å². The fourth-order valence-corrected chi connectivity index (χ4v) is 2.64. The van der Waals surface area contributed by atoms with Crippen molar-refractivity contribution in [3.05, 3.63) is 71.2 Å². The highest BCUT2D eigenvalue weighted by Crippen LogP contribution is 2.27. The minimum absolute atomic E-state index is 0.265. The molecule has 0 fully saturated rings. The van der Waals surface area contributed by atoms with E-state index in [1.165, 1.54) is 6.20 Å². The maximum absolute atomic E-state index is 9.19. The zero-order valence-corrected chi connectivity index (χ0v) is 14.7. The van der Waals surface area contributed by atoms with E-state index in [1.807, 2.05) is 56.3 Å². The lowest BCUT2D eigenvalue weighted by molar-refractivity contribution is 0.300. The van der Waals surface area contributed by atoms with Crippen LogP contribution in [0.1, 0.15) is 22.5 Å². The summed E-state index contributed by atoms with van der Waals surface area (Å²) in [7, 11) is 0. The van der Waals surface area contributed by atoms with Crippen LogP contribution in [0.3, 0.4) is 0 Å². The molecule has 2 heterocycles. The quantitative estimate of drug-likeness (QED) is 0.728. The van der Waals surface area contributed by atoms with E-state index in [-0.39, 0.29) is 5.69 Å². The molecule has 0 aliphatic carbocycles. The van der Waals surface area contributed by atoms with E-state index in [1.54, 1.807) is 6.07 Å². The average Bonchev–Trinajstić information content (AvgIpc) is 2.62. The summed E-state index contributed by atoms with van der Waals surface area (Å²) in [6.45, 7) is 4.33. The lowest BCUT2D eigenvalue weighted by Gasteiger charge is -2.14. The van der Waals surface area contributed by atoms with Crippen molar-refractivity contribution in [1.82, 2.24) is 9.97 Å². The third-order valence-corrected chi connectivity index (χ3v) is 3.83. The van der Waals surface area contributed by atoms with Gasteiger partial charge in [-0.05, 0) is 37.1 Å². The second-order valence-electron chi connectivity index (χ2n) is 5.91. The summed E-state index contributed by atoms with van der Waals surface area (Å²) >= 11 is 0. The number of aryl methyl sites for hydroxylation is 2. The number of hydrogen-bond donors (Lipinski definition) is 2. The number of rotatable bonds is 5. The number of aromatic nitrogens is 2. The Hall–Kier alpha value is -3.59. The Kier molecular flexibility index (Phi) is 4.99. The first kappa shape index (κ1) is 17.2. The second kappa shape index (κ2) is 7.53. The number of anilines is 3. The van der Waals surface area contributed by atoms with Gasteiger partial charge in [-0.15, -0.1) is 0 Å². The van der Waals surface area contributed by atoms with Crippen molar-refractivity contribution in [1.29, 1.82) is 5.26 Å². The van der Waals surface area contributed by atoms with Gasteiger partial charge in [0.05, 0.1) is 23.3 Å². The SMILES string of the molecule is Cc1cc(Nc2cc(N)cnc2C#N)nc(C)c1OCc1ccccc1. The molecule has 0 radical (unpaired) electrons. The first-order chi connectivity index (χ1) is 12.6. The Morgan fingerprint density at radius 2 is 1.96 bits per heavy atom. The van der Waals surface area contributed by atoms with E-state index in [0.717, 1.165) is 22.6 Å². The van der Waals surface area contributed by atoms with Crippen molar-refractivity contribution in [2.24, 2.45) is 0 Å². The summed E-state index contributed by atoms with van der Waals surface area (Å²) in [5, 5.41) is 12.3. The minimum Gasteiger partial charge on any atom is -0.487 e. The van der Waals surface area contributed by atoms with E-state index >= 15 is 0 Å². The van der Waals surface area contributed by atoms with Gasteiger partial charge in [0.25, 0.3) is 0 Å². The first-order valence-electron chi connectivity index (χ1n) is 8.14. The molecule has 0 aliphatic rings. The summed E-state index contributed by atoms with van der Waals surface area (Å²) < 4.78 is 5.95. The van der Waals surface area contributed by atoms with Crippen molar-refractivity contribution >= 4 is 17.2 Å². The van der Waals surface area contributed by atoms with Crippen LogP contribution in [0.2, 0.25) is 0 Å². The van der Waals surface area contributed by atoms with Gasteiger partial charge in [-0.25, -0.2) is 9.97 Å². The highest BCUT2D eigenvalue weighted by molar-refractivity contribution is 5.67. The number of nitriles is 1. The van der Waals surface area contributed by atoms with Crippen LogP contribution in [-0.2, 0) is 6.61 Å². The normalized spacial score (nSPS) is 10.2. The number of nitrogens with two attached hydrogens (primary N) is 1. The van der Waals surface area contributed by atoms with Crippen LogP contribution in [0.25, 0.3) is 0 Å². The predicted octanol–water partition coefficient (Wildman–Crippen LogP) is 3.87. The number of nitrogens with one attached hydrogen (secondary N) is 1. The summed E-state index contributed by atoms with van der Waals surface area (Å²) in [6, 6.07) is 15.6. The zero-order valence-electron chi connectivity index (χ0n) is 14.7. The highest BCUT2D eigenvalue weighted by atomic mass is 16.5. The molecular weight excluding hydrogens is 326 g/mol. The maximum Gasteiger partial charge on any atom is 0.164 e. The Bertz CT molecular complexity index is 941. The van der Waals surface area contributed by atoms with Crippen LogP contribution < -0.4 is 15.8 Å². The van der Waals surface area contributed by atoms with Gasteiger partial charge in [-0.1, -0.05) is 30.3 Å². The molecule has 0 saturated carbocycles. The van der Waals surface area contributed by atoms with E-state index in [4.69, 9.17) is 10.5 Å². The van der Waals surface area contributed by atoms with Crippen LogP contribution >= 0.6 is 0 Å². The molecular formula is C20H19N5O. The smallest absolute Gasteiger partial charge is 0.164 e. The summed E-state index contributed by atoms with van der Waals surface area (Å²) in [5.74, 6) is 1.36. The van der Waals surface area contributed by atoms with Gasteiger partial charge in [0.2, 0.25) is 0 Å². The maximum atomic E-state index is 9.19. The topological polar surface area (TPSA) is 96.8 Å². The molecule has 6 nitrogen and oxygen atoms in total. The zero-order chi connectivity index (χ0) is 18.5. The molecule has 0 bridgehead atoms. The Balaban J connectivity index is 1.81. The molecule has 26 heavy (non-hydrogen) atoms. The monoisotopic (exact) mass is 345 g/mol. The van der Waals surface area contributed by atoms with E-state index in [9.17, 15) is 5.26 Å². The van der Waals surface area contributed by atoms with Gasteiger partial charge in [-0.2, -0.15) is 5.26 Å². The van der Waals surface area contributed by atoms with E-state index < -0.39 is 0 Å². The Labute approximate surface area is 152 Å². The molecule has 1 aromatic carbocycles. The van der Waals surface area contributed by atoms with Crippen LogP contribution in [0.5, 0.6) is 5.75 Å².